The van der Waals surface area contributed by atoms with Crippen LogP contribution in [0.25, 0.3) is 0 Å². The van der Waals surface area contributed by atoms with Gasteiger partial charge in [-0.2, -0.15) is 0 Å². The molecule has 2 saturated heterocycles. The minimum absolute atomic E-state index is 0.678. The molecule has 4 nitrogen and oxygen atoms in total. The summed E-state index contributed by atoms with van der Waals surface area (Å²) in [6.07, 6.45) is 7.95. The Labute approximate surface area is 122 Å². The first-order chi connectivity index (χ1) is 9.81. The van der Waals surface area contributed by atoms with Crippen molar-refractivity contribution in [3.8, 4) is 0 Å². The predicted molar refractivity (Wildman–Crippen MR) is 83.7 cm³/mol. The van der Waals surface area contributed by atoms with Crippen molar-refractivity contribution in [2.45, 2.75) is 39.2 Å². The molecular weight excluding hydrogens is 248 g/mol. The van der Waals surface area contributed by atoms with E-state index >= 15 is 0 Å². The topological polar surface area (TPSA) is 39.7 Å². The SMILES string of the molecule is CCCN=C1NC=C/C1=C(/C)N1CCC2CCNCC21. The molecule has 2 unspecified atom stereocenters. The monoisotopic (exact) mass is 274 g/mol. The Morgan fingerprint density at radius 2 is 2.35 bits per heavy atom. The average molecular weight is 274 g/mol. The third-order valence-corrected chi connectivity index (χ3v) is 4.77. The minimum Gasteiger partial charge on any atom is -0.370 e. The van der Waals surface area contributed by atoms with Crippen LogP contribution in [-0.4, -0.2) is 43.0 Å². The standard InChI is InChI=1S/C16H26N4/c1-3-7-18-16-14(5-9-19-16)12(2)20-10-6-13-4-8-17-11-15(13)20/h5,9,13,15,17H,3-4,6-8,10-11H2,1-2H3,(H,18,19)/b14-12+. The van der Waals surface area contributed by atoms with Crippen molar-refractivity contribution in [3.05, 3.63) is 23.5 Å². The Balaban J connectivity index is 1.81. The zero-order valence-corrected chi connectivity index (χ0v) is 12.7. The van der Waals surface area contributed by atoms with Gasteiger partial charge in [0.25, 0.3) is 0 Å². The first-order valence-electron chi connectivity index (χ1n) is 7.97. The molecule has 3 aliphatic heterocycles. The van der Waals surface area contributed by atoms with E-state index in [0.29, 0.717) is 6.04 Å². The number of hydrogen-bond donors (Lipinski definition) is 2. The van der Waals surface area contributed by atoms with Gasteiger partial charge in [0.1, 0.15) is 5.84 Å². The van der Waals surface area contributed by atoms with Crippen LogP contribution in [0.15, 0.2) is 28.5 Å². The maximum Gasteiger partial charge on any atom is 0.134 e. The summed E-state index contributed by atoms with van der Waals surface area (Å²) < 4.78 is 0. The Bertz CT molecular complexity index is 449. The fraction of sp³-hybridized carbons (Fsp3) is 0.688. The van der Waals surface area contributed by atoms with Gasteiger partial charge in [0.15, 0.2) is 0 Å². The number of nitrogens with one attached hydrogen (secondary N) is 2. The van der Waals surface area contributed by atoms with E-state index in [4.69, 9.17) is 0 Å². The van der Waals surface area contributed by atoms with E-state index in [1.165, 1.54) is 37.2 Å². The Morgan fingerprint density at radius 3 is 3.20 bits per heavy atom. The highest BCUT2D eigenvalue weighted by atomic mass is 15.2. The second-order valence-electron chi connectivity index (χ2n) is 6.01. The van der Waals surface area contributed by atoms with Crippen molar-refractivity contribution in [3.63, 3.8) is 0 Å². The first-order valence-corrected chi connectivity index (χ1v) is 7.97. The lowest BCUT2D eigenvalue weighted by Gasteiger charge is -2.34. The second kappa shape index (κ2) is 6.00. The van der Waals surface area contributed by atoms with Gasteiger partial charge in [-0.25, -0.2) is 0 Å². The molecule has 2 atom stereocenters. The van der Waals surface area contributed by atoms with Crippen molar-refractivity contribution in [1.29, 1.82) is 0 Å². The third kappa shape index (κ3) is 2.49. The molecular formula is C16H26N4. The maximum absolute atomic E-state index is 4.66. The van der Waals surface area contributed by atoms with E-state index in [1.54, 1.807) is 0 Å². The highest BCUT2D eigenvalue weighted by Crippen LogP contribution is 2.33. The normalized spacial score (nSPS) is 33.5. The fourth-order valence-corrected chi connectivity index (χ4v) is 3.65. The average Bonchev–Trinajstić information content (AvgIpc) is 3.11. The van der Waals surface area contributed by atoms with Crippen LogP contribution in [-0.2, 0) is 0 Å². The number of aliphatic imine (C=N–C) groups is 1. The van der Waals surface area contributed by atoms with E-state index < -0.39 is 0 Å². The van der Waals surface area contributed by atoms with Gasteiger partial charge in [-0.3, -0.25) is 4.99 Å². The summed E-state index contributed by atoms with van der Waals surface area (Å²) in [5.74, 6) is 1.93. The molecule has 0 aromatic carbocycles. The third-order valence-electron chi connectivity index (χ3n) is 4.77. The predicted octanol–water partition coefficient (Wildman–Crippen LogP) is 1.87. The van der Waals surface area contributed by atoms with E-state index in [0.717, 1.165) is 31.3 Å². The molecule has 110 valence electrons. The molecule has 0 aliphatic carbocycles. The van der Waals surface area contributed by atoms with Crippen LogP contribution in [0.4, 0.5) is 0 Å². The molecule has 3 aliphatic rings. The Kier molecular flexibility index (Phi) is 4.10. The van der Waals surface area contributed by atoms with Crippen LogP contribution in [0.3, 0.4) is 0 Å². The van der Waals surface area contributed by atoms with Gasteiger partial charge in [0, 0.05) is 43.1 Å². The summed E-state index contributed by atoms with van der Waals surface area (Å²) in [5.41, 5.74) is 2.67. The summed E-state index contributed by atoms with van der Waals surface area (Å²) in [7, 11) is 0. The first kappa shape index (κ1) is 13.7. The van der Waals surface area contributed by atoms with E-state index in [2.05, 4.69) is 40.4 Å². The van der Waals surface area contributed by atoms with Crippen LogP contribution in [0.5, 0.6) is 0 Å². The number of nitrogens with zero attached hydrogens (tertiary/aromatic N) is 2. The van der Waals surface area contributed by atoms with E-state index in [1.807, 2.05) is 6.20 Å². The number of fused-ring (bicyclic) bond motifs is 1. The quantitative estimate of drug-likeness (QED) is 0.825. The number of amidine groups is 1. The van der Waals surface area contributed by atoms with Gasteiger partial charge in [-0.1, -0.05) is 6.92 Å². The number of hydrogen-bond acceptors (Lipinski definition) is 3. The zero-order valence-electron chi connectivity index (χ0n) is 12.7. The molecule has 3 rings (SSSR count). The van der Waals surface area contributed by atoms with Gasteiger partial charge in [-0.15, -0.1) is 0 Å². The molecule has 0 aromatic rings. The zero-order chi connectivity index (χ0) is 13.9. The van der Waals surface area contributed by atoms with Crippen molar-refractivity contribution in [1.82, 2.24) is 15.5 Å². The summed E-state index contributed by atoms with van der Waals surface area (Å²) in [6.45, 7) is 8.84. The van der Waals surface area contributed by atoms with Crippen molar-refractivity contribution in [2.75, 3.05) is 26.2 Å². The highest BCUT2D eigenvalue weighted by Gasteiger charge is 2.36. The van der Waals surface area contributed by atoms with E-state index in [9.17, 15) is 0 Å². The van der Waals surface area contributed by atoms with E-state index in [-0.39, 0.29) is 0 Å². The maximum atomic E-state index is 4.66. The summed E-state index contributed by atoms with van der Waals surface area (Å²) in [5, 5.41) is 6.84. The fourth-order valence-electron chi connectivity index (χ4n) is 3.65. The summed E-state index contributed by atoms with van der Waals surface area (Å²) >= 11 is 0. The van der Waals surface area contributed by atoms with Crippen molar-refractivity contribution in [2.24, 2.45) is 10.9 Å². The van der Waals surface area contributed by atoms with Crippen LogP contribution >= 0.6 is 0 Å². The molecule has 0 amide bonds. The molecule has 0 radical (unpaired) electrons. The molecule has 20 heavy (non-hydrogen) atoms. The molecule has 0 saturated carbocycles. The molecule has 4 heteroatoms. The Morgan fingerprint density at radius 1 is 1.45 bits per heavy atom. The van der Waals surface area contributed by atoms with Gasteiger partial charge in [-0.05, 0) is 44.7 Å². The van der Waals surface area contributed by atoms with Gasteiger partial charge in [0.05, 0.1) is 0 Å². The van der Waals surface area contributed by atoms with Gasteiger partial charge in [0.2, 0.25) is 0 Å². The molecule has 0 bridgehead atoms. The van der Waals surface area contributed by atoms with Gasteiger partial charge >= 0.3 is 0 Å². The largest absolute Gasteiger partial charge is 0.370 e. The summed E-state index contributed by atoms with van der Waals surface area (Å²) in [4.78, 5) is 7.26. The molecule has 2 fully saturated rings. The Hall–Kier alpha value is -1.29. The number of rotatable bonds is 3. The highest BCUT2D eigenvalue weighted by molar-refractivity contribution is 6.04. The number of likely N-dealkylation sites (tertiary alicyclic amines) is 1. The molecule has 0 aromatic heterocycles. The lowest BCUT2D eigenvalue weighted by Crippen LogP contribution is -2.45. The molecule has 0 spiro atoms. The van der Waals surface area contributed by atoms with Crippen LogP contribution < -0.4 is 10.6 Å². The van der Waals surface area contributed by atoms with Crippen LogP contribution in [0.2, 0.25) is 0 Å². The molecule has 3 heterocycles. The summed E-state index contributed by atoms with van der Waals surface area (Å²) in [6, 6.07) is 0.678. The number of piperidine rings is 1. The lowest BCUT2D eigenvalue weighted by atomic mass is 9.93. The van der Waals surface area contributed by atoms with Crippen molar-refractivity contribution >= 4 is 5.84 Å². The molecule has 2 N–H and O–H groups in total. The smallest absolute Gasteiger partial charge is 0.134 e. The second-order valence-corrected chi connectivity index (χ2v) is 6.01. The lowest BCUT2D eigenvalue weighted by molar-refractivity contribution is 0.235. The van der Waals surface area contributed by atoms with Crippen molar-refractivity contribution < 1.29 is 0 Å². The number of allylic oxidation sites excluding steroid dienone is 1. The van der Waals surface area contributed by atoms with Crippen LogP contribution in [0.1, 0.15) is 33.1 Å². The minimum atomic E-state index is 0.678. The van der Waals surface area contributed by atoms with Gasteiger partial charge < -0.3 is 15.5 Å². The van der Waals surface area contributed by atoms with Crippen LogP contribution in [0, 0.1) is 5.92 Å².